The van der Waals surface area contributed by atoms with E-state index in [9.17, 15) is 8.78 Å². The van der Waals surface area contributed by atoms with Gasteiger partial charge in [-0.05, 0) is 39.7 Å². The largest absolute Gasteiger partial charge is 0.497 e. The molecular formula is C14H11BrF2O2. The molecule has 0 bridgehead atoms. The Bertz CT molecular complexity index is 573. The van der Waals surface area contributed by atoms with E-state index in [0.717, 1.165) is 5.56 Å². The zero-order valence-corrected chi connectivity index (χ0v) is 11.7. The average molecular weight is 329 g/mol. The maximum atomic E-state index is 12.5. The van der Waals surface area contributed by atoms with Crippen molar-refractivity contribution in [3.05, 3.63) is 46.9 Å². The van der Waals surface area contributed by atoms with Gasteiger partial charge in [0.25, 0.3) is 0 Å². The number of hydrogen-bond donors (Lipinski definition) is 0. The second-order valence-corrected chi connectivity index (χ2v) is 4.58. The Labute approximate surface area is 118 Å². The summed E-state index contributed by atoms with van der Waals surface area (Å²) in [6.07, 6.45) is 0. The van der Waals surface area contributed by atoms with Crippen LogP contribution in [0.4, 0.5) is 8.78 Å². The third kappa shape index (κ3) is 3.23. The van der Waals surface area contributed by atoms with Crippen LogP contribution in [0.3, 0.4) is 0 Å². The van der Waals surface area contributed by atoms with Gasteiger partial charge in [-0.2, -0.15) is 8.78 Å². The van der Waals surface area contributed by atoms with Crippen LogP contribution < -0.4 is 9.47 Å². The standard InChI is InChI=1S/C14H11BrF2O2/c1-18-10-5-2-4-9(8-10)11-6-3-7-12(15)13(11)19-14(16)17/h2-8,14H,1H3. The van der Waals surface area contributed by atoms with Crippen molar-refractivity contribution >= 4 is 15.9 Å². The molecule has 0 radical (unpaired) electrons. The van der Waals surface area contributed by atoms with Crippen molar-refractivity contribution < 1.29 is 18.3 Å². The number of hydrogen-bond acceptors (Lipinski definition) is 2. The van der Waals surface area contributed by atoms with Gasteiger partial charge in [-0.15, -0.1) is 0 Å². The molecule has 0 unspecified atom stereocenters. The van der Waals surface area contributed by atoms with Gasteiger partial charge in [0.2, 0.25) is 0 Å². The summed E-state index contributed by atoms with van der Waals surface area (Å²) in [6.45, 7) is -2.87. The minimum atomic E-state index is -2.87. The van der Waals surface area contributed by atoms with E-state index in [1.54, 1.807) is 43.5 Å². The van der Waals surface area contributed by atoms with Crippen molar-refractivity contribution in [1.82, 2.24) is 0 Å². The molecule has 0 aliphatic rings. The van der Waals surface area contributed by atoms with Crippen molar-refractivity contribution in [2.75, 3.05) is 7.11 Å². The zero-order chi connectivity index (χ0) is 13.8. The molecular weight excluding hydrogens is 318 g/mol. The first-order valence-corrected chi connectivity index (χ1v) is 6.29. The highest BCUT2D eigenvalue weighted by Gasteiger charge is 2.14. The first kappa shape index (κ1) is 13.8. The Kier molecular flexibility index (Phi) is 4.37. The molecule has 2 aromatic rings. The highest BCUT2D eigenvalue weighted by molar-refractivity contribution is 9.10. The number of methoxy groups -OCH3 is 1. The Hall–Kier alpha value is -1.62. The fourth-order valence-corrected chi connectivity index (χ4v) is 2.20. The maximum Gasteiger partial charge on any atom is 0.387 e. The lowest BCUT2D eigenvalue weighted by molar-refractivity contribution is -0.0499. The highest BCUT2D eigenvalue weighted by Crippen LogP contribution is 2.38. The van der Waals surface area contributed by atoms with Gasteiger partial charge >= 0.3 is 6.61 Å². The molecule has 0 N–H and O–H groups in total. The molecule has 0 saturated carbocycles. The number of benzene rings is 2. The zero-order valence-electron chi connectivity index (χ0n) is 10.1. The Morgan fingerprint density at radius 1 is 1.11 bits per heavy atom. The highest BCUT2D eigenvalue weighted by atomic mass is 79.9. The van der Waals surface area contributed by atoms with Gasteiger partial charge in [0.1, 0.15) is 11.5 Å². The van der Waals surface area contributed by atoms with Gasteiger partial charge in [-0.3, -0.25) is 0 Å². The van der Waals surface area contributed by atoms with Gasteiger partial charge in [-0.25, -0.2) is 0 Å². The number of rotatable bonds is 4. The average Bonchev–Trinajstić information content (AvgIpc) is 2.40. The Morgan fingerprint density at radius 2 is 1.84 bits per heavy atom. The molecule has 2 nitrogen and oxygen atoms in total. The summed E-state index contributed by atoms with van der Waals surface area (Å²) in [7, 11) is 1.55. The molecule has 0 fully saturated rings. The predicted octanol–water partition coefficient (Wildman–Crippen LogP) is 4.73. The first-order chi connectivity index (χ1) is 9.11. The molecule has 0 spiro atoms. The van der Waals surface area contributed by atoms with Gasteiger partial charge in [0.05, 0.1) is 11.6 Å². The lowest BCUT2D eigenvalue weighted by Gasteiger charge is -2.13. The van der Waals surface area contributed by atoms with Crippen LogP contribution in [0.15, 0.2) is 46.9 Å². The Balaban J connectivity index is 2.51. The van der Waals surface area contributed by atoms with Crippen LogP contribution in [0.5, 0.6) is 11.5 Å². The van der Waals surface area contributed by atoms with E-state index in [0.29, 0.717) is 15.8 Å². The van der Waals surface area contributed by atoms with Crippen LogP contribution in [0.1, 0.15) is 0 Å². The van der Waals surface area contributed by atoms with Crippen LogP contribution in [0.25, 0.3) is 11.1 Å². The number of halogens is 3. The van der Waals surface area contributed by atoms with Gasteiger partial charge in [0.15, 0.2) is 0 Å². The number of para-hydroxylation sites is 1. The molecule has 0 aliphatic heterocycles. The second-order valence-electron chi connectivity index (χ2n) is 3.73. The fraction of sp³-hybridized carbons (Fsp3) is 0.143. The molecule has 2 aromatic carbocycles. The van der Waals surface area contributed by atoms with Gasteiger partial charge in [-0.1, -0.05) is 24.3 Å². The van der Waals surface area contributed by atoms with E-state index in [1.807, 2.05) is 6.07 Å². The number of alkyl halides is 2. The van der Waals surface area contributed by atoms with Crippen molar-refractivity contribution in [1.29, 1.82) is 0 Å². The topological polar surface area (TPSA) is 18.5 Å². The lowest BCUT2D eigenvalue weighted by atomic mass is 10.0. The SMILES string of the molecule is COc1cccc(-c2cccc(Br)c2OC(F)F)c1. The number of ether oxygens (including phenoxy) is 2. The fourth-order valence-electron chi connectivity index (χ4n) is 1.74. The summed E-state index contributed by atoms with van der Waals surface area (Å²) < 4.78 is 35.1. The quantitative estimate of drug-likeness (QED) is 0.808. The molecule has 0 amide bonds. The van der Waals surface area contributed by atoms with Crippen LogP contribution in [0, 0.1) is 0 Å². The van der Waals surface area contributed by atoms with Crippen LogP contribution in [-0.2, 0) is 0 Å². The van der Waals surface area contributed by atoms with E-state index in [1.165, 1.54) is 0 Å². The molecule has 0 saturated heterocycles. The maximum absolute atomic E-state index is 12.5. The Morgan fingerprint density at radius 3 is 2.53 bits per heavy atom. The van der Waals surface area contributed by atoms with Gasteiger partial charge < -0.3 is 9.47 Å². The van der Waals surface area contributed by atoms with Crippen LogP contribution in [0.2, 0.25) is 0 Å². The summed E-state index contributed by atoms with van der Waals surface area (Å²) in [5.41, 5.74) is 1.32. The van der Waals surface area contributed by atoms with Crippen molar-refractivity contribution in [3.63, 3.8) is 0 Å². The molecule has 19 heavy (non-hydrogen) atoms. The van der Waals surface area contributed by atoms with Crippen molar-refractivity contribution in [3.8, 4) is 22.6 Å². The first-order valence-electron chi connectivity index (χ1n) is 5.49. The normalized spacial score (nSPS) is 10.6. The van der Waals surface area contributed by atoms with Crippen molar-refractivity contribution in [2.24, 2.45) is 0 Å². The minimum absolute atomic E-state index is 0.116. The minimum Gasteiger partial charge on any atom is -0.497 e. The lowest BCUT2D eigenvalue weighted by Crippen LogP contribution is -2.03. The summed E-state index contributed by atoms with van der Waals surface area (Å²) in [4.78, 5) is 0. The molecule has 0 atom stereocenters. The van der Waals surface area contributed by atoms with Crippen LogP contribution in [-0.4, -0.2) is 13.7 Å². The molecule has 0 aliphatic carbocycles. The molecule has 5 heteroatoms. The van der Waals surface area contributed by atoms with E-state index >= 15 is 0 Å². The molecule has 0 aromatic heterocycles. The monoisotopic (exact) mass is 328 g/mol. The van der Waals surface area contributed by atoms with E-state index < -0.39 is 6.61 Å². The molecule has 100 valence electrons. The molecule has 0 heterocycles. The van der Waals surface area contributed by atoms with E-state index in [4.69, 9.17) is 4.74 Å². The van der Waals surface area contributed by atoms with Gasteiger partial charge in [0, 0.05) is 5.56 Å². The smallest absolute Gasteiger partial charge is 0.387 e. The summed E-state index contributed by atoms with van der Waals surface area (Å²) >= 11 is 3.22. The van der Waals surface area contributed by atoms with E-state index in [2.05, 4.69) is 20.7 Å². The van der Waals surface area contributed by atoms with Crippen molar-refractivity contribution in [2.45, 2.75) is 6.61 Å². The summed E-state index contributed by atoms with van der Waals surface area (Å²) in [6, 6.07) is 12.3. The second kappa shape index (κ2) is 6.02. The molecule has 2 rings (SSSR count). The third-order valence-electron chi connectivity index (χ3n) is 2.55. The van der Waals surface area contributed by atoms with Crippen LogP contribution >= 0.6 is 15.9 Å². The third-order valence-corrected chi connectivity index (χ3v) is 3.18. The predicted molar refractivity (Wildman–Crippen MR) is 72.8 cm³/mol. The summed E-state index contributed by atoms with van der Waals surface area (Å²) in [5.74, 6) is 0.770. The van der Waals surface area contributed by atoms with E-state index in [-0.39, 0.29) is 5.75 Å². The summed E-state index contributed by atoms with van der Waals surface area (Å²) in [5, 5.41) is 0.